The highest BCUT2D eigenvalue weighted by Gasteiger charge is 2.31. The van der Waals surface area contributed by atoms with Crippen molar-refractivity contribution in [3.8, 4) is 5.75 Å². The Morgan fingerprint density at radius 1 is 1.23 bits per heavy atom. The van der Waals surface area contributed by atoms with Gasteiger partial charge in [0.05, 0.1) is 12.2 Å². The highest BCUT2D eigenvalue weighted by Crippen LogP contribution is 2.35. The molecule has 0 fully saturated rings. The molecule has 0 bridgehead atoms. The summed E-state index contributed by atoms with van der Waals surface area (Å²) in [5.74, 6) is 0.525. The molecule has 1 aromatic carbocycles. The summed E-state index contributed by atoms with van der Waals surface area (Å²) in [4.78, 5) is 33.5. The van der Waals surface area contributed by atoms with Gasteiger partial charge in [0.2, 0.25) is 0 Å². The maximum Gasteiger partial charge on any atom is 0.410 e. The number of amides is 2. The zero-order valence-corrected chi connectivity index (χ0v) is 21.9. The van der Waals surface area contributed by atoms with Gasteiger partial charge in [0, 0.05) is 55.6 Å². The van der Waals surface area contributed by atoms with Crippen LogP contribution in [0.4, 0.5) is 10.5 Å². The van der Waals surface area contributed by atoms with E-state index in [1.807, 2.05) is 39.0 Å². The first kappa shape index (κ1) is 26.5. The highest BCUT2D eigenvalue weighted by molar-refractivity contribution is 6.05. The van der Waals surface area contributed by atoms with Crippen LogP contribution in [0.1, 0.15) is 57.5 Å². The third-order valence-electron chi connectivity index (χ3n) is 5.98. The molecule has 0 saturated carbocycles. The number of para-hydroxylation sites is 1. The minimum absolute atomic E-state index is 0.124. The molecule has 0 saturated heterocycles. The molecule has 35 heavy (non-hydrogen) atoms. The van der Waals surface area contributed by atoms with Gasteiger partial charge in [-0.2, -0.15) is 0 Å². The van der Waals surface area contributed by atoms with Crippen molar-refractivity contribution < 1.29 is 19.1 Å². The first-order chi connectivity index (χ1) is 16.4. The number of anilines is 1. The highest BCUT2D eigenvalue weighted by atomic mass is 16.6. The second-order valence-corrected chi connectivity index (χ2v) is 10.5. The number of fused-ring (bicyclic) bond motifs is 1. The molecular weight excluding hydrogens is 444 g/mol. The van der Waals surface area contributed by atoms with Crippen LogP contribution in [0, 0.1) is 5.92 Å². The lowest BCUT2D eigenvalue weighted by atomic mass is 9.99. The maximum absolute atomic E-state index is 12.9. The van der Waals surface area contributed by atoms with E-state index in [2.05, 4.69) is 36.0 Å². The van der Waals surface area contributed by atoms with E-state index in [1.165, 1.54) is 0 Å². The second kappa shape index (κ2) is 11.1. The fraction of sp³-hybridized carbons (Fsp3) is 0.519. The average Bonchev–Trinajstić information content (AvgIpc) is 2.77. The summed E-state index contributed by atoms with van der Waals surface area (Å²) in [5.41, 5.74) is 1.53. The molecule has 1 aliphatic rings. The summed E-state index contributed by atoms with van der Waals surface area (Å²) in [7, 11) is 1.72. The largest absolute Gasteiger partial charge is 0.486 e. The lowest BCUT2D eigenvalue weighted by Crippen LogP contribution is -2.47. The second-order valence-electron chi connectivity index (χ2n) is 10.5. The van der Waals surface area contributed by atoms with Crippen LogP contribution in [0.25, 0.3) is 0 Å². The summed E-state index contributed by atoms with van der Waals surface area (Å²) in [6, 6.07) is 9.46. The first-order valence-corrected chi connectivity index (χ1v) is 12.1. The topological polar surface area (TPSA) is 84.0 Å². The van der Waals surface area contributed by atoms with Gasteiger partial charge < -0.3 is 19.7 Å². The van der Waals surface area contributed by atoms with Crippen molar-refractivity contribution in [1.82, 2.24) is 14.8 Å². The van der Waals surface area contributed by atoms with E-state index < -0.39 is 11.7 Å². The predicted octanol–water partition coefficient (Wildman–Crippen LogP) is 4.81. The van der Waals surface area contributed by atoms with Gasteiger partial charge in [-0.15, -0.1) is 0 Å². The smallest absolute Gasteiger partial charge is 0.410 e. The summed E-state index contributed by atoms with van der Waals surface area (Å²) < 4.78 is 12.1. The Morgan fingerprint density at radius 3 is 2.54 bits per heavy atom. The molecule has 2 heterocycles. The van der Waals surface area contributed by atoms with E-state index in [0.717, 1.165) is 12.1 Å². The minimum atomic E-state index is -0.579. The predicted molar refractivity (Wildman–Crippen MR) is 137 cm³/mol. The molecule has 2 aromatic rings. The van der Waals surface area contributed by atoms with Gasteiger partial charge in [-0.3, -0.25) is 14.7 Å². The van der Waals surface area contributed by atoms with E-state index in [9.17, 15) is 9.59 Å². The van der Waals surface area contributed by atoms with Crippen molar-refractivity contribution in [2.45, 2.75) is 65.8 Å². The molecule has 1 N–H and O–H groups in total. The number of likely N-dealkylation sites (N-methyl/N-ethyl adjacent to an activating group) is 1. The number of nitrogens with one attached hydrogen (secondary N) is 1. The molecule has 2 amide bonds. The van der Waals surface area contributed by atoms with E-state index >= 15 is 0 Å². The number of aromatic nitrogens is 1. The van der Waals surface area contributed by atoms with Gasteiger partial charge in [-0.05, 0) is 52.8 Å². The van der Waals surface area contributed by atoms with Gasteiger partial charge >= 0.3 is 6.09 Å². The number of benzene rings is 1. The molecule has 0 spiro atoms. The summed E-state index contributed by atoms with van der Waals surface area (Å²) in [6.07, 6.45) is 2.49. The molecule has 0 aliphatic carbocycles. The van der Waals surface area contributed by atoms with Crippen molar-refractivity contribution in [3.63, 3.8) is 0 Å². The van der Waals surface area contributed by atoms with Gasteiger partial charge in [0.1, 0.15) is 17.5 Å². The van der Waals surface area contributed by atoms with Crippen molar-refractivity contribution in [3.05, 3.63) is 53.9 Å². The Morgan fingerprint density at radius 2 is 1.91 bits per heavy atom. The van der Waals surface area contributed by atoms with Gasteiger partial charge in [0.15, 0.2) is 0 Å². The Labute approximate surface area is 208 Å². The zero-order chi connectivity index (χ0) is 25.8. The molecule has 0 radical (unpaired) electrons. The monoisotopic (exact) mass is 482 g/mol. The van der Waals surface area contributed by atoms with Gasteiger partial charge in [-0.1, -0.05) is 19.1 Å². The Hall–Kier alpha value is -3.13. The van der Waals surface area contributed by atoms with Crippen molar-refractivity contribution in [2.24, 2.45) is 5.92 Å². The van der Waals surface area contributed by atoms with Crippen LogP contribution in [0.3, 0.4) is 0 Å². The van der Waals surface area contributed by atoms with Crippen LogP contribution < -0.4 is 10.1 Å². The molecule has 1 aliphatic heterocycles. The molecule has 190 valence electrons. The first-order valence-electron chi connectivity index (χ1n) is 12.1. The lowest BCUT2D eigenvalue weighted by Gasteiger charge is -2.38. The van der Waals surface area contributed by atoms with Crippen LogP contribution in [0.2, 0.25) is 0 Å². The number of pyridine rings is 1. The Kier molecular flexibility index (Phi) is 8.38. The van der Waals surface area contributed by atoms with Gasteiger partial charge in [-0.25, -0.2) is 4.79 Å². The number of carbonyl (C=O) groups excluding carboxylic acids is 2. The molecule has 3 rings (SSSR count). The normalized spacial score (nSPS) is 18.6. The van der Waals surface area contributed by atoms with Crippen LogP contribution in [-0.4, -0.2) is 64.7 Å². The molecule has 2 atom stereocenters. The number of ether oxygens (including phenoxy) is 2. The summed E-state index contributed by atoms with van der Waals surface area (Å²) >= 11 is 0. The standard InChI is InChI=1S/C27H38N4O4/c1-18(2)31-15-19(3)23(17-30(7)26(33)35-27(4,5)6)34-24-21(16-31)9-8-10-22(24)29-25(32)20-11-13-28-14-12-20/h8-14,18-19,23H,15-17H2,1-7H3,(H,29,32). The number of hydrogen-bond donors (Lipinski definition) is 1. The fourth-order valence-electron chi connectivity index (χ4n) is 3.98. The SMILES string of the molecule is CC1CN(C(C)C)Cc2cccc(NC(=O)c3ccncc3)c2OC1CN(C)C(=O)OC(C)(C)C. The Bertz CT molecular complexity index is 1020. The van der Waals surface area contributed by atoms with Crippen LogP contribution >= 0.6 is 0 Å². The number of nitrogens with zero attached hydrogens (tertiary/aromatic N) is 3. The number of carbonyl (C=O) groups is 2. The van der Waals surface area contributed by atoms with Crippen LogP contribution in [-0.2, 0) is 11.3 Å². The quantitative estimate of drug-likeness (QED) is 0.659. The number of rotatable bonds is 5. The zero-order valence-electron chi connectivity index (χ0n) is 21.9. The van der Waals surface area contributed by atoms with E-state index in [1.54, 1.807) is 36.5 Å². The third-order valence-corrected chi connectivity index (χ3v) is 5.98. The summed E-state index contributed by atoms with van der Waals surface area (Å²) in [5, 5.41) is 3.01. The molecule has 1 aromatic heterocycles. The van der Waals surface area contributed by atoms with Crippen LogP contribution in [0.5, 0.6) is 5.75 Å². The van der Waals surface area contributed by atoms with E-state index in [0.29, 0.717) is 36.1 Å². The lowest BCUT2D eigenvalue weighted by molar-refractivity contribution is 0.0128. The Balaban J connectivity index is 1.92. The fourth-order valence-corrected chi connectivity index (χ4v) is 3.98. The van der Waals surface area contributed by atoms with E-state index in [4.69, 9.17) is 9.47 Å². The van der Waals surface area contributed by atoms with Crippen molar-refractivity contribution in [1.29, 1.82) is 0 Å². The average molecular weight is 483 g/mol. The van der Waals surface area contributed by atoms with Gasteiger partial charge in [0.25, 0.3) is 5.91 Å². The van der Waals surface area contributed by atoms with Crippen molar-refractivity contribution in [2.75, 3.05) is 25.5 Å². The molecule has 8 heteroatoms. The van der Waals surface area contributed by atoms with Crippen molar-refractivity contribution >= 4 is 17.7 Å². The minimum Gasteiger partial charge on any atom is -0.486 e. The van der Waals surface area contributed by atoms with E-state index in [-0.39, 0.29) is 17.9 Å². The maximum atomic E-state index is 12.9. The number of hydrogen-bond acceptors (Lipinski definition) is 6. The molecule has 2 unspecified atom stereocenters. The molecular formula is C27H38N4O4. The van der Waals surface area contributed by atoms with Crippen LogP contribution in [0.15, 0.2) is 42.7 Å². The third kappa shape index (κ3) is 7.18. The molecule has 8 nitrogen and oxygen atoms in total. The summed E-state index contributed by atoms with van der Waals surface area (Å²) in [6.45, 7) is 13.9.